The molecule has 7 heteroatoms. The molecule has 0 saturated heterocycles. The molecule has 6 nitrogen and oxygen atoms in total. The molecule has 0 heterocycles. The van der Waals surface area contributed by atoms with Crippen LogP contribution in [0.2, 0.25) is 0 Å². The van der Waals surface area contributed by atoms with E-state index < -0.39 is 0 Å². The van der Waals surface area contributed by atoms with Gasteiger partial charge in [-0.15, -0.1) is 24.0 Å². The van der Waals surface area contributed by atoms with Gasteiger partial charge in [-0.05, 0) is 45.7 Å². The van der Waals surface area contributed by atoms with E-state index in [9.17, 15) is 0 Å². The zero-order valence-electron chi connectivity index (χ0n) is 17.2. The SMILES string of the molecule is CN=C(NCCN(C(C)C)C1CC1)NCC(C)Oc1ccccc1OC.I. The van der Waals surface area contributed by atoms with Crippen LogP contribution >= 0.6 is 24.0 Å². The van der Waals surface area contributed by atoms with Crippen LogP contribution in [0.25, 0.3) is 0 Å². The van der Waals surface area contributed by atoms with Crippen molar-refractivity contribution in [3.63, 3.8) is 0 Å². The second-order valence-corrected chi connectivity index (χ2v) is 7.02. The van der Waals surface area contributed by atoms with Gasteiger partial charge in [0, 0.05) is 32.2 Å². The third-order valence-corrected chi connectivity index (χ3v) is 4.52. The first-order chi connectivity index (χ1) is 12.5. The molecule has 0 bridgehead atoms. The number of halogens is 1. The van der Waals surface area contributed by atoms with Crippen molar-refractivity contribution in [3.8, 4) is 11.5 Å². The fourth-order valence-corrected chi connectivity index (χ4v) is 3.01. The number of hydrogen-bond donors (Lipinski definition) is 2. The minimum Gasteiger partial charge on any atom is -0.493 e. The van der Waals surface area contributed by atoms with Gasteiger partial charge in [-0.3, -0.25) is 9.89 Å². The highest BCUT2D eigenvalue weighted by Gasteiger charge is 2.30. The first kappa shape index (κ1) is 23.8. The second-order valence-electron chi connectivity index (χ2n) is 7.02. The molecule has 1 unspecified atom stereocenters. The normalized spacial score (nSPS) is 15.3. The molecule has 1 saturated carbocycles. The quantitative estimate of drug-likeness (QED) is 0.300. The van der Waals surface area contributed by atoms with Crippen LogP contribution in [-0.4, -0.2) is 62.8 Å². The van der Waals surface area contributed by atoms with E-state index in [0.29, 0.717) is 12.6 Å². The van der Waals surface area contributed by atoms with Gasteiger partial charge in [-0.2, -0.15) is 0 Å². The molecule has 0 aliphatic heterocycles. The van der Waals surface area contributed by atoms with E-state index in [1.165, 1.54) is 12.8 Å². The van der Waals surface area contributed by atoms with Gasteiger partial charge in [0.05, 0.1) is 13.7 Å². The third-order valence-electron chi connectivity index (χ3n) is 4.52. The number of benzene rings is 1. The van der Waals surface area contributed by atoms with Crippen LogP contribution < -0.4 is 20.1 Å². The number of methoxy groups -OCH3 is 1. The van der Waals surface area contributed by atoms with E-state index in [-0.39, 0.29) is 30.1 Å². The van der Waals surface area contributed by atoms with Crippen LogP contribution in [0.5, 0.6) is 11.5 Å². The van der Waals surface area contributed by atoms with Gasteiger partial charge in [-0.1, -0.05) is 12.1 Å². The van der Waals surface area contributed by atoms with Crippen molar-refractivity contribution in [2.75, 3.05) is 33.8 Å². The van der Waals surface area contributed by atoms with Crippen molar-refractivity contribution in [2.24, 2.45) is 4.99 Å². The summed E-state index contributed by atoms with van der Waals surface area (Å²) < 4.78 is 11.3. The van der Waals surface area contributed by atoms with Crippen molar-refractivity contribution in [1.82, 2.24) is 15.5 Å². The molecular weight excluding hydrogens is 455 g/mol. The zero-order chi connectivity index (χ0) is 18.9. The number of hydrogen-bond acceptors (Lipinski definition) is 4. The van der Waals surface area contributed by atoms with E-state index in [1.54, 1.807) is 14.2 Å². The summed E-state index contributed by atoms with van der Waals surface area (Å²) in [7, 11) is 3.45. The molecule has 0 amide bonds. The smallest absolute Gasteiger partial charge is 0.191 e. The Labute approximate surface area is 181 Å². The minimum absolute atomic E-state index is 0. The van der Waals surface area contributed by atoms with Crippen molar-refractivity contribution in [2.45, 2.75) is 51.8 Å². The van der Waals surface area contributed by atoms with Crippen molar-refractivity contribution in [1.29, 1.82) is 0 Å². The van der Waals surface area contributed by atoms with Crippen LogP contribution in [0.3, 0.4) is 0 Å². The maximum atomic E-state index is 5.97. The van der Waals surface area contributed by atoms with Gasteiger partial charge in [-0.25, -0.2) is 0 Å². The summed E-state index contributed by atoms with van der Waals surface area (Å²) in [6, 6.07) is 9.06. The molecule has 1 aliphatic rings. The number of guanidine groups is 1. The Morgan fingerprint density at radius 1 is 1.19 bits per heavy atom. The lowest BCUT2D eigenvalue weighted by Gasteiger charge is -2.26. The lowest BCUT2D eigenvalue weighted by atomic mass is 10.3. The molecule has 1 aromatic rings. The summed E-state index contributed by atoms with van der Waals surface area (Å²) >= 11 is 0. The summed E-state index contributed by atoms with van der Waals surface area (Å²) in [5, 5.41) is 6.73. The van der Waals surface area contributed by atoms with E-state index >= 15 is 0 Å². The Bertz CT molecular complexity index is 577. The maximum absolute atomic E-state index is 5.97. The van der Waals surface area contributed by atoms with Gasteiger partial charge in [0.1, 0.15) is 6.10 Å². The van der Waals surface area contributed by atoms with Crippen molar-refractivity contribution >= 4 is 29.9 Å². The Morgan fingerprint density at radius 2 is 1.85 bits per heavy atom. The third kappa shape index (κ3) is 8.13. The second kappa shape index (κ2) is 12.3. The maximum Gasteiger partial charge on any atom is 0.191 e. The lowest BCUT2D eigenvalue weighted by molar-refractivity contribution is 0.211. The molecule has 0 aromatic heterocycles. The molecule has 1 aromatic carbocycles. The van der Waals surface area contributed by atoms with E-state index in [2.05, 4.69) is 34.4 Å². The van der Waals surface area contributed by atoms with E-state index in [1.807, 2.05) is 31.2 Å². The molecule has 0 radical (unpaired) electrons. The van der Waals surface area contributed by atoms with Crippen LogP contribution in [0, 0.1) is 0 Å². The first-order valence-electron chi connectivity index (χ1n) is 9.55. The largest absolute Gasteiger partial charge is 0.493 e. The zero-order valence-corrected chi connectivity index (χ0v) is 19.5. The molecule has 27 heavy (non-hydrogen) atoms. The summed E-state index contributed by atoms with van der Waals surface area (Å²) in [4.78, 5) is 6.86. The van der Waals surface area contributed by atoms with Gasteiger partial charge in [0.2, 0.25) is 0 Å². The number of para-hydroxylation sites is 2. The molecule has 2 rings (SSSR count). The molecular formula is C20H35IN4O2. The minimum atomic E-state index is -0.0107. The molecule has 1 aliphatic carbocycles. The van der Waals surface area contributed by atoms with Crippen LogP contribution in [0.4, 0.5) is 0 Å². The summed E-state index contributed by atoms with van der Waals surface area (Å²) in [6.45, 7) is 9.14. The van der Waals surface area contributed by atoms with Crippen molar-refractivity contribution < 1.29 is 9.47 Å². The van der Waals surface area contributed by atoms with Gasteiger partial charge in [0.15, 0.2) is 17.5 Å². The predicted octanol–water partition coefficient (Wildman–Crippen LogP) is 3.12. The van der Waals surface area contributed by atoms with E-state index in [4.69, 9.17) is 9.47 Å². The topological polar surface area (TPSA) is 58.1 Å². The highest BCUT2D eigenvalue weighted by atomic mass is 127. The average molecular weight is 490 g/mol. The number of aliphatic imine (C=N–C) groups is 1. The molecule has 2 N–H and O–H groups in total. The number of ether oxygens (including phenoxy) is 2. The Hall–Kier alpha value is -1.22. The summed E-state index contributed by atoms with van der Waals surface area (Å²) in [6.07, 6.45) is 2.66. The number of nitrogens with zero attached hydrogens (tertiary/aromatic N) is 2. The standard InChI is InChI=1S/C20H34N4O2.HI/c1-15(2)24(17-10-11-17)13-12-22-20(21-4)23-14-16(3)26-19-9-7-6-8-18(19)25-5;/h6-9,15-17H,10-14H2,1-5H3,(H2,21,22,23);1H. The van der Waals surface area contributed by atoms with Crippen LogP contribution in [0.1, 0.15) is 33.6 Å². The Kier molecular flexibility index (Phi) is 10.8. The Balaban J connectivity index is 0.00000364. The molecule has 1 atom stereocenters. The van der Waals surface area contributed by atoms with Gasteiger partial charge < -0.3 is 20.1 Å². The molecule has 0 spiro atoms. The highest BCUT2D eigenvalue weighted by molar-refractivity contribution is 14.0. The predicted molar refractivity (Wildman–Crippen MR) is 123 cm³/mol. The fourth-order valence-electron chi connectivity index (χ4n) is 3.01. The fraction of sp³-hybridized carbons (Fsp3) is 0.650. The Morgan fingerprint density at radius 3 is 2.41 bits per heavy atom. The van der Waals surface area contributed by atoms with Crippen LogP contribution in [0.15, 0.2) is 29.3 Å². The lowest BCUT2D eigenvalue weighted by Crippen LogP contribution is -2.45. The monoisotopic (exact) mass is 490 g/mol. The van der Waals surface area contributed by atoms with Crippen molar-refractivity contribution in [3.05, 3.63) is 24.3 Å². The average Bonchev–Trinajstić information content (AvgIpc) is 3.46. The van der Waals surface area contributed by atoms with Gasteiger partial charge in [0.25, 0.3) is 0 Å². The van der Waals surface area contributed by atoms with E-state index in [0.717, 1.165) is 36.6 Å². The summed E-state index contributed by atoms with van der Waals surface area (Å²) in [5.74, 6) is 2.31. The molecule has 1 fully saturated rings. The van der Waals surface area contributed by atoms with Crippen LogP contribution in [-0.2, 0) is 0 Å². The number of nitrogens with one attached hydrogen (secondary N) is 2. The summed E-state index contributed by atoms with van der Waals surface area (Å²) in [5.41, 5.74) is 0. The highest BCUT2D eigenvalue weighted by Crippen LogP contribution is 2.28. The molecule has 154 valence electrons. The van der Waals surface area contributed by atoms with Gasteiger partial charge >= 0.3 is 0 Å². The number of rotatable bonds is 10. The first-order valence-corrected chi connectivity index (χ1v) is 9.55.